The molecule has 1 aliphatic heterocycles. The molecular weight excluding hydrogens is 581 g/mol. The number of rotatable bonds is 6. The average Bonchev–Trinajstić information content (AvgIpc) is 3.82. The molecule has 0 radical (unpaired) electrons. The normalized spacial score (nSPS) is 19.7. The third kappa shape index (κ3) is 4.74. The van der Waals surface area contributed by atoms with Gasteiger partial charge in [0.05, 0.1) is 0 Å². The molecular formula is C46H52Si. The smallest absolute Gasteiger partial charge is 0.0658 e. The molecule has 0 amide bonds. The summed E-state index contributed by atoms with van der Waals surface area (Å²) in [4.78, 5) is 0. The molecule has 0 saturated heterocycles. The summed E-state index contributed by atoms with van der Waals surface area (Å²) in [6, 6.07) is 29.1. The van der Waals surface area contributed by atoms with Crippen molar-refractivity contribution < 1.29 is 0 Å². The molecule has 0 N–H and O–H groups in total. The molecule has 4 aromatic rings. The molecule has 1 atom stereocenters. The molecule has 1 saturated carbocycles. The van der Waals surface area contributed by atoms with Crippen LogP contribution in [0.15, 0.2) is 83.9 Å². The quantitative estimate of drug-likeness (QED) is 0.186. The van der Waals surface area contributed by atoms with E-state index in [1.165, 1.54) is 65.5 Å². The first-order chi connectivity index (χ1) is 22.5. The first kappa shape index (κ1) is 30.9. The van der Waals surface area contributed by atoms with Crippen LogP contribution in [0.3, 0.4) is 0 Å². The van der Waals surface area contributed by atoms with Crippen molar-refractivity contribution in [2.24, 2.45) is 5.92 Å². The standard InChI is InChI=1S/C46H52Si/c1-9-29-25-34-26-40(45-41(42(34)44(29)47(45,7)8)33-21-23-35(24-22-33)46(4,5)6)43-37-16-12-15-36(32-19-17-30(18-20-32)28(2)3)39(37)27-38(43)31-13-10-11-14-31/h12,15-24,26-28,31,43H,9-11,13-14,25H2,1-8H3. The fraction of sp³-hybridized carbons (Fsp3) is 0.391. The summed E-state index contributed by atoms with van der Waals surface area (Å²) < 4.78 is 0. The van der Waals surface area contributed by atoms with Gasteiger partial charge in [-0.1, -0.05) is 157 Å². The molecule has 0 spiro atoms. The molecule has 240 valence electrons. The predicted octanol–water partition coefficient (Wildman–Crippen LogP) is 12.3. The lowest BCUT2D eigenvalue weighted by atomic mass is 9.79. The minimum Gasteiger partial charge on any atom is -0.0658 e. The molecule has 0 nitrogen and oxygen atoms in total. The Morgan fingerprint density at radius 2 is 1.49 bits per heavy atom. The summed E-state index contributed by atoms with van der Waals surface area (Å²) in [5.74, 6) is 1.59. The lowest BCUT2D eigenvalue weighted by molar-refractivity contribution is 0.590. The van der Waals surface area contributed by atoms with Gasteiger partial charge in [-0.05, 0) is 115 Å². The van der Waals surface area contributed by atoms with E-state index in [4.69, 9.17) is 0 Å². The highest BCUT2D eigenvalue weighted by Crippen LogP contribution is 2.56. The largest absolute Gasteiger partial charge is 0.114 e. The summed E-state index contributed by atoms with van der Waals surface area (Å²) in [6.45, 7) is 19.3. The molecule has 1 heterocycles. The molecule has 4 aromatic carbocycles. The Bertz CT molecular complexity index is 1950. The summed E-state index contributed by atoms with van der Waals surface area (Å²) >= 11 is 0. The van der Waals surface area contributed by atoms with Crippen LogP contribution in [-0.4, -0.2) is 8.07 Å². The van der Waals surface area contributed by atoms with Crippen LogP contribution in [0.2, 0.25) is 13.1 Å². The van der Waals surface area contributed by atoms with Crippen LogP contribution in [0, 0.1) is 5.92 Å². The maximum Gasteiger partial charge on any atom is 0.114 e. The number of benzene rings is 4. The van der Waals surface area contributed by atoms with E-state index in [1.807, 2.05) is 0 Å². The maximum absolute atomic E-state index is 2.72. The zero-order valence-corrected chi connectivity index (χ0v) is 31.0. The number of allylic oxidation sites excluding steroid dienone is 2. The summed E-state index contributed by atoms with van der Waals surface area (Å²) in [6.07, 6.45) is 10.4. The number of hydrogen-bond acceptors (Lipinski definition) is 0. The Kier molecular flexibility index (Phi) is 7.27. The average molecular weight is 633 g/mol. The van der Waals surface area contributed by atoms with Crippen LogP contribution in [0.25, 0.3) is 33.5 Å². The van der Waals surface area contributed by atoms with E-state index < -0.39 is 8.07 Å². The van der Waals surface area contributed by atoms with Crippen LogP contribution in [0.5, 0.6) is 0 Å². The SMILES string of the molecule is CCC1=C2c3c(cc(C4C(C5CCCC5)=Cc5c(-c6ccc(C(C)C)cc6)cccc54)c(c3-c3ccc(C(C)(C)C)cc3)[Si]2(C)C)C1. The van der Waals surface area contributed by atoms with Crippen molar-refractivity contribution in [2.75, 3.05) is 0 Å². The van der Waals surface area contributed by atoms with Crippen LogP contribution in [-0.2, 0) is 11.8 Å². The lowest BCUT2D eigenvalue weighted by Crippen LogP contribution is -2.43. The van der Waals surface area contributed by atoms with Crippen LogP contribution in [0.4, 0.5) is 0 Å². The van der Waals surface area contributed by atoms with Crippen molar-refractivity contribution in [1.82, 2.24) is 0 Å². The van der Waals surface area contributed by atoms with Gasteiger partial charge in [0.1, 0.15) is 8.07 Å². The Labute approximate surface area is 285 Å². The van der Waals surface area contributed by atoms with Crippen molar-refractivity contribution in [3.8, 4) is 22.3 Å². The molecule has 4 aliphatic rings. The van der Waals surface area contributed by atoms with Gasteiger partial charge in [-0.25, -0.2) is 0 Å². The van der Waals surface area contributed by atoms with Gasteiger partial charge < -0.3 is 0 Å². The first-order valence-corrected chi connectivity index (χ1v) is 21.5. The Morgan fingerprint density at radius 1 is 0.809 bits per heavy atom. The van der Waals surface area contributed by atoms with Crippen molar-refractivity contribution >= 4 is 24.5 Å². The number of fused-ring (bicyclic) bond motifs is 2. The topological polar surface area (TPSA) is 0 Å². The van der Waals surface area contributed by atoms with E-state index in [9.17, 15) is 0 Å². The molecule has 3 aliphatic carbocycles. The summed E-state index contributed by atoms with van der Waals surface area (Å²) in [5.41, 5.74) is 20.1. The van der Waals surface area contributed by atoms with E-state index >= 15 is 0 Å². The zero-order valence-electron chi connectivity index (χ0n) is 30.0. The van der Waals surface area contributed by atoms with Gasteiger partial charge in [0.15, 0.2) is 0 Å². The van der Waals surface area contributed by atoms with E-state index in [0.29, 0.717) is 17.8 Å². The molecule has 1 fully saturated rings. The highest BCUT2D eigenvalue weighted by atomic mass is 28.3. The molecule has 2 bridgehead atoms. The second-order valence-corrected chi connectivity index (χ2v) is 21.1. The van der Waals surface area contributed by atoms with Crippen molar-refractivity contribution in [3.63, 3.8) is 0 Å². The van der Waals surface area contributed by atoms with Gasteiger partial charge >= 0.3 is 0 Å². The fourth-order valence-corrected chi connectivity index (χ4v) is 14.0. The van der Waals surface area contributed by atoms with Gasteiger partial charge in [-0.15, -0.1) is 0 Å². The van der Waals surface area contributed by atoms with Crippen molar-refractivity contribution in [1.29, 1.82) is 0 Å². The van der Waals surface area contributed by atoms with Crippen LogP contribution < -0.4 is 5.19 Å². The highest BCUT2D eigenvalue weighted by Gasteiger charge is 2.49. The van der Waals surface area contributed by atoms with E-state index in [-0.39, 0.29) is 5.41 Å². The second-order valence-electron chi connectivity index (χ2n) is 16.9. The number of hydrogen-bond donors (Lipinski definition) is 0. The van der Waals surface area contributed by atoms with Gasteiger partial charge in [0.25, 0.3) is 0 Å². The van der Waals surface area contributed by atoms with Gasteiger partial charge in [0.2, 0.25) is 0 Å². The first-order valence-electron chi connectivity index (χ1n) is 18.5. The molecule has 1 unspecified atom stereocenters. The summed E-state index contributed by atoms with van der Waals surface area (Å²) in [7, 11) is -1.95. The lowest BCUT2D eigenvalue weighted by Gasteiger charge is -2.30. The highest BCUT2D eigenvalue weighted by molar-refractivity contribution is 7.07. The van der Waals surface area contributed by atoms with Crippen molar-refractivity contribution in [3.05, 3.63) is 123 Å². The van der Waals surface area contributed by atoms with E-state index in [0.717, 1.165) is 6.42 Å². The monoisotopic (exact) mass is 632 g/mol. The molecule has 47 heavy (non-hydrogen) atoms. The Hall–Kier alpha value is -3.42. The van der Waals surface area contributed by atoms with Crippen molar-refractivity contribution in [2.45, 2.75) is 110 Å². The Morgan fingerprint density at radius 3 is 2.13 bits per heavy atom. The predicted molar refractivity (Wildman–Crippen MR) is 206 cm³/mol. The third-order valence-electron chi connectivity index (χ3n) is 12.3. The van der Waals surface area contributed by atoms with Gasteiger partial charge in [-0.3, -0.25) is 0 Å². The third-order valence-corrected chi connectivity index (χ3v) is 15.9. The molecule has 1 heteroatoms. The summed E-state index contributed by atoms with van der Waals surface area (Å²) in [5, 5.41) is 3.50. The fourth-order valence-electron chi connectivity index (χ4n) is 9.87. The molecule has 8 rings (SSSR count). The zero-order chi connectivity index (χ0) is 32.8. The van der Waals surface area contributed by atoms with Crippen LogP contribution in [0.1, 0.15) is 124 Å². The van der Waals surface area contributed by atoms with Gasteiger partial charge in [0, 0.05) is 5.92 Å². The Balaban J connectivity index is 1.36. The maximum atomic E-state index is 2.72. The van der Waals surface area contributed by atoms with Crippen LogP contribution >= 0.6 is 0 Å². The van der Waals surface area contributed by atoms with Gasteiger partial charge in [-0.2, -0.15) is 0 Å². The minimum absolute atomic E-state index is 0.154. The second kappa shape index (κ2) is 11.1. The minimum atomic E-state index is -1.95. The molecule has 0 aromatic heterocycles. The van der Waals surface area contributed by atoms with E-state index in [1.54, 1.807) is 49.3 Å². The van der Waals surface area contributed by atoms with E-state index in [2.05, 4.69) is 134 Å².